The first kappa shape index (κ1) is 23.4. The number of hydrogen-bond acceptors (Lipinski definition) is 4. The smallest absolute Gasteiger partial charge is 0.265 e. The molecule has 5 nitrogen and oxygen atoms in total. The first-order valence-corrected chi connectivity index (χ1v) is 12.7. The highest BCUT2D eigenvalue weighted by molar-refractivity contribution is 8.04. The average Bonchev–Trinajstić information content (AvgIpc) is 3.39. The predicted molar refractivity (Wildman–Crippen MR) is 140 cm³/mol. The molecule has 3 aromatic carbocycles. The fourth-order valence-corrected chi connectivity index (χ4v) is 5.46. The third-order valence-corrected chi connectivity index (χ3v) is 7.30. The van der Waals surface area contributed by atoms with Crippen molar-refractivity contribution in [1.29, 1.82) is 0 Å². The van der Waals surface area contributed by atoms with Gasteiger partial charge in [0.05, 0.1) is 23.2 Å². The fourth-order valence-electron chi connectivity index (χ4n) is 4.42. The van der Waals surface area contributed by atoms with Gasteiger partial charge in [0.1, 0.15) is 0 Å². The molecule has 2 aliphatic rings. The fraction of sp³-hybridized carbons (Fsp3) is 0.241. The van der Waals surface area contributed by atoms with Crippen LogP contribution in [0.5, 0.6) is 0 Å². The zero-order valence-corrected chi connectivity index (χ0v) is 20.5. The highest BCUT2D eigenvalue weighted by Crippen LogP contribution is 2.43. The molecule has 0 bridgehead atoms. The Kier molecular flexibility index (Phi) is 7.02. The molecule has 1 saturated heterocycles. The van der Waals surface area contributed by atoms with Gasteiger partial charge in [-0.1, -0.05) is 71.9 Å². The molecule has 2 heterocycles. The van der Waals surface area contributed by atoms with Crippen molar-refractivity contribution in [3.05, 3.63) is 100.0 Å². The van der Waals surface area contributed by atoms with E-state index in [4.69, 9.17) is 4.74 Å². The van der Waals surface area contributed by atoms with E-state index in [1.165, 1.54) is 11.8 Å². The maximum absolute atomic E-state index is 13.7. The molecule has 1 atom stereocenters. The SMILES string of the molecule is Cc1cccc(CN2C(=O)/C(=C/c3ccccc3)Sc3ccc(C(=O)NC[C@@H]4CCCO4)cc32)c1. The van der Waals surface area contributed by atoms with Crippen LogP contribution >= 0.6 is 11.8 Å². The number of hydrogen-bond donors (Lipinski definition) is 1. The Bertz CT molecular complexity index is 1270. The van der Waals surface area contributed by atoms with Crippen LogP contribution in [0.2, 0.25) is 0 Å². The molecule has 6 heteroatoms. The number of nitrogens with one attached hydrogen (secondary N) is 1. The molecule has 2 aliphatic heterocycles. The van der Waals surface area contributed by atoms with Gasteiger partial charge >= 0.3 is 0 Å². The van der Waals surface area contributed by atoms with Gasteiger partial charge in [0.15, 0.2) is 0 Å². The average molecular weight is 485 g/mol. The van der Waals surface area contributed by atoms with Crippen molar-refractivity contribution >= 4 is 35.3 Å². The van der Waals surface area contributed by atoms with Crippen LogP contribution in [0, 0.1) is 6.92 Å². The zero-order chi connectivity index (χ0) is 24.2. The molecule has 3 aromatic rings. The maximum Gasteiger partial charge on any atom is 0.265 e. The number of carbonyl (C=O) groups excluding carboxylic acids is 2. The summed E-state index contributed by atoms with van der Waals surface area (Å²) in [6.07, 6.45) is 4.01. The van der Waals surface area contributed by atoms with Gasteiger partial charge in [-0.3, -0.25) is 9.59 Å². The molecule has 1 fully saturated rings. The van der Waals surface area contributed by atoms with Gasteiger partial charge in [-0.25, -0.2) is 0 Å². The summed E-state index contributed by atoms with van der Waals surface area (Å²) in [4.78, 5) is 30.0. The molecule has 5 rings (SSSR count). The minimum absolute atomic E-state index is 0.0650. The van der Waals surface area contributed by atoms with Gasteiger partial charge in [0, 0.05) is 23.6 Å². The molecule has 1 N–H and O–H groups in total. The number of aryl methyl sites for hydroxylation is 1. The molecule has 0 aliphatic carbocycles. The lowest BCUT2D eigenvalue weighted by atomic mass is 10.1. The lowest BCUT2D eigenvalue weighted by Crippen LogP contribution is -2.35. The quantitative estimate of drug-likeness (QED) is 0.464. The van der Waals surface area contributed by atoms with Crippen LogP contribution in [0.15, 0.2) is 82.6 Å². The Labute approximate surface area is 210 Å². The lowest BCUT2D eigenvalue weighted by molar-refractivity contribution is -0.114. The standard InChI is InChI=1S/C29H28N2O3S/c1-20-7-5-10-22(15-20)19-31-25-17-23(28(32)30-18-24-11-6-14-34-24)12-13-26(25)35-27(29(31)33)16-21-8-3-2-4-9-21/h2-5,7-10,12-13,15-17,24H,6,11,14,18-19H2,1H3,(H,30,32)/b27-16-/t24-/m0/s1. The van der Waals surface area contributed by atoms with Gasteiger partial charge in [-0.05, 0) is 55.2 Å². The lowest BCUT2D eigenvalue weighted by Gasteiger charge is -2.31. The van der Waals surface area contributed by atoms with E-state index in [1.807, 2.05) is 79.7 Å². The van der Waals surface area contributed by atoms with Crippen LogP contribution in [0.4, 0.5) is 5.69 Å². The van der Waals surface area contributed by atoms with E-state index in [2.05, 4.69) is 11.4 Å². The molecule has 0 saturated carbocycles. The van der Waals surface area contributed by atoms with Crippen LogP contribution < -0.4 is 10.2 Å². The highest BCUT2D eigenvalue weighted by atomic mass is 32.2. The summed E-state index contributed by atoms with van der Waals surface area (Å²) in [5, 5.41) is 2.99. The Morgan fingerprint density at radius 1 is 1.11 bits per heavy atom. The third kappa shape index (κ3) is 5.50. The van der Waals surface area contributed by atoms with E-state index < -0.39 is 0 Å². The number of carbonyl (C=O) groups is 2. The van der Waals surface area contributed by atoms with Gasteiger partial charge in [0.25, 0.3) is 11.8 Å². The molecule has 35 heavy (non-hydrogen) atoms. The number of amides is 2. The Balaban J connectivity index is 1.46. The first-order chi connectivity index (χ1) is 17.1. The maximum atomic E-state index is 13.7. The van der Waals surface area contributed by atoms with Gasteiger partial charge in [-0.15, -0.1) is 0 Å². The normalized spacial score (nSPS) is 18.5. The molecule has 2 amide bonds. The zero-order valence-electron chi connectivity index (χ0n) is 19.7. The number of anilines is 1. The van der Waals surface area contributed by atoms with Crippen molar-refractivity contribution in [3.63, 3.8) is 0 Å². The van der Waals surface area contributed by atoms with Crippen LogP contribution in [0.1, 0.15) is 39.9 Å². The van der Waals surface area contributed by atoms with E-state index in [9.17, 15) is 9.59 Å². The second-order valence-electron chi connectivity index (χ2n) is 8.93. The summed E-state index contributed by atoms with van der Waals surface area (Å²) in [6, 6.07) is 23.6. The number of thioether (sulfide) groups is 1. The number of fused-ring (bicyclic) bond motifs is 1. The number of nitrogens with zero attached hydrogens (tertiary/aromatic N) is 1. The number of benzene rings is 3. The van der Waals surface area contributed by atoms with Crippen LogP contribution in [0.25, 0.3) is 6.08 Å². The van der Waals surface area contributed by atoms with Crippen molar-refractivity contribution in [2.24, 2.45) is 0 Å². The van der Waals surface area contributed by atoms with E-state index in [-0.39, 0.29) is 17.9 Å². The van der Waals surface area contributed by atoms with Gasteiger partial charge in [0.2, 0.25) is 0 Å². The third-order valence-electron chi connectivity index (χ3n) is 6.22. The Morgan fingerprint density at radius 3 is 2.74 bits per heavy atom. The van der Waals surface area contributed by atoms with Crippen molar-refractivity contribution in [2.75, 3.05) is 18.1 Å². The highest BCUT2D eigenvalue weighted by Gasteiger charge is 2.30. The molecular formula is C29H28N2O3S. The Morgan fingerprint density at radius 2 is 1.97 bits per heavy atom. The van der Waals surface area contributed by atoms with E-state index in [0.29, 0.717) is 23.6 Å². The monoisotopic (exact) mass is 484 g/mol. The minimum atomic E-state index is -0.151. The van der Waals surface area contributed by atoms with E-state index in [1.54, 1.807) is 4.90 Å². The summed E-state index contributed by atoms with van der Waals surface area (Å²) in [5.74, 6) is -0.216. The molecule has 0 unspecified atom stereocenters. The van der Waals surface area contributed by atoms with Gasteiger partial charge in [-0.2, -0.15) is 0 Å². The summed E-state index contributed by atoms with van der Waals surface area (Å²) >= 11 is 1.45. The number of ether oxygens (including phenoxy) is 1. The summed E-state index contributed by atoms with van der Waals surface area (Å²) in [5.41, 5.74) is 4.47. The van der Waals surface area contributed by atoms with Crippen LogP contribution in [-0.4, -0.2) is 31.1 Å². The van der Waals surface area contributed by atoms with Crippen molar-refractivity contribution < 1.29 is 14.3 Å². The summed E-state index contributed by atoms with van der Waals surface area (Å²) in [6.45, 7) is 3.73. The topological polar surface area (TPSA) is 58.6 Å². The van der Waals surface area contributed by atoms with Crippen LogP contribution in [-0.2, 0) is 16.1 Å². The number of rotatable bonds is 6. The van der Waals surface area contributed by atoms with Crippen molar-refractivity contribution in [2.45, 2.75) is 37.3 Å². The first-order valence-electron chi connectivity index (χ1n) is 11.9. The summed E-state index contributed by atoms with van der Waals surface area (Å²) in [7, 11) is 0. The predicted octanol–water partition coefficient (Wildman–Crippen LogP) is 5.58. The van der Waals surface area contributed by atoms with Crippen molar-refractivity contribution in [3.8, 4) is 0 Å². The molecule has 178 valence electrons. The largest absolute Gasteiger partial charge is 0.376 e. The van der Waals surface area contributed by atoms with Gasteiger partial charge < -0.3 is 15.0 Å². The Hall–Kier alpha value is -3.35. The van der Waals surface area contributed by atoms with E-state index >= 15 is 0 Å². The molecule has 0 aromatic heterocycles. The molecular weight excluding hydrogens is 456 g/mol. The molecule has 0 radical (unpaired) electrons. The second-order valence-corrected chi connectivity index (χ2v) is 10.0. The van der Waals surface area contributed by atoms with Crippen molar-refractivity contribution in [1.82, 2.24) is 5.32 Å². The molecule has 0 spiro atoms. The second kappa shape index (κ2) is 10.5. The van der Waals surface area contributed by atoms with E-state index in [0.717, 1.165) is 46.7 Å². The minimum Gasteiger partial charge on any atom is -0.376 e. The van der Waals surface area contributed by atoms with Crippen LogP contribution in [0.3, 0.4) is 0 Å². The summed E-state index contributed by atoms with van der Waals surface area (Å²) < 4.78 is 5.62.